The third-order valence-corrected chi connectivity index (χ3v) is 5.03. The quantitative estimate of drug-likeness (QED) is 0.667. The summed E-state index contributed by atoms with van der Waals surface area (Å²) < 4.78 is 0. The Bertz CT molecular complexity index is 301. The van der Waals surface area contributed by atoms with Gasteiger partial charge in [-0.2, -0.15) is 0 Å². The minimum absolute atomic E-state index is 0.347. The van der Waals surface area contributed by atoms with Gasteiger partial charge in [0.05, 0.1) is 5.60 Å². The van der Waals surface area contributed by atoms with Crippen LogP contribution in [-0.4, -0.2) is 10.7 Å². The van der Waals surface area contributed by atoms with E-state index in [1.165, 1.54) is 19.3 Å². The van der Waals surface area contributed by atoms with Crippen molar-refractivity contribution in [3.8, 4) is 0 Å². The maximum atomic E-state index is 10.6. The molecule has 0 heterocycles. The van der Waals surface area contributed by atoms with E-state index < -0.39 is 5.60 Å². The lowest BCUT2D eigenvalue weighted by molar-refractivity contribution is -0.0980. The van der Waals surface area contributed by atoms with Gasteiger partial charge < -0.3 is 5.11 Å². The minimum Gasteiger partial charge on any atom is -0.390 e. The molecule has 0 radical (unpaired) electrons. The van der Waals surface area contributed by atoms with E-state index in [0.29, 0.717) is 17.3 Å². The van der Waals surface area contributed by atoms with Crippen LogP contribution in [0.2, 0.25) is 0 Å². The largest absolute Gasteiger partial charge is 0.390 e. The maximum absolute atomic E-state index is 10.6. The van der Waals surface area contributed by atoms with E-state index in [1.807, 2.05) is 0 Å². The molecule has 0 unspecified atom stereocenters. The fourth-order valence-electron chi connectivity index (χ4n) is 3.81. The Morgan fingerprint density at radius 1 is 1.31 bits per heavy atom. The summed E-state index contributed by atoms with van der Waals surface area (Å²) in [5.41, 5.74) is 1.46. The number of hydrogen-bond donors (Lipinski definition) is 1. The van der Waals surface area contributed by atoms with Gasteiger partial charge in [0.15, 0.2) is 0 Å². The van der Waals surface area contributed by atoms with Crippen LogP contribution in [0.3, 0.4) is 0 Å². The van der Waals surface area contributed by atoms with Crippen LogP contribution >= 0.6 is 0 Å². The first-order valence-electron chi connectivity index (χ1n) is 6.76. The Hall–Kier alpha value is -0.300. The van der Waals surface area contributed by atoms with Crippen LogP contribution in [0.25, 0.3) is 0 Å². The predicted octanol–water partition coefficient (Wildman–Crippen LogP) is 3.92. The van der Waals surface area contributed by atoms with Crippen molar-refractivity contribution in [1.82, 2.24) is 0 Å². The minimum atomic E-state index is -0.443. The number of hydrogen-bond acceptors (Lipinski definition) is 1. The zero-order valence-corrected chi connectivity index (χ0v) is 11.2. The second-order valence-corrected chi connectivity index (χ2v) is 6.76. The van der Waals surface area contributed by atoms with Gasteiger partial charge in [-0.05, 0) is 49.9 Å². The molecule has 0 spiro atoms. The van der Waals surface area contributed by atoms with Gasteiger partial charge in [0.2, 0.25) is 0 Å². The van der Waals surface area contributed by atoms with Crippen LogP contribution in [0, 0.1) is 17.3 Å². The van der Waals surface area contributed by atoms with Gasteiger partial charge in [0.1, 0.15) is 0 Å². The third kappa shape index (κ3) is 1.95. The van der Waals surface area contributed by atoms with Gasteiger partial charge in [-0.15, -0.1) is 0 Å². The molecule has 0 saturated heterocycles. The molecule has 2 aliphatic carbocycles. The molecule has 1 heteroatoms. The molecule has 3 atom stereocenters. The van der Waals surface area contributed by atoms with Gasteiger partial charge in [-0.3, -0.25) is 0 Å². The number of allylic oxidation sites excluding steroid dienone is 2. The van der Waals surface area contributed by atoms with E-state index in [2.05, 4.69) is 33.8 Å². The summed E-state index contributed by atoms with van der Waals surface area (Å²) in [5.74, 6) is 1.11. The van der Waals surface area contributed by atoms with Gasteiger partial charge in [-0.1, -0.05) is 38.8 Å². The smallest absolute Gasteiger partial charge is 0.0656 e. The fraction of sp³-hybridized carbons (Fsp3) is 0.867. The molecule has 0 aliphatic heterocycles. The van der Waals surface area contributed by atoms with Crippen LogP contribution in [0.5, 0.6) is 0 Å². The molecular formula is C15H26O. The lowest BCUT2D eigenvalue weighted by atomic mass is 9.55. The summed E-state index contributed by atoms with van der Waals surface area (Å²) in [5, 5.41) is 10.6. The highest BCUT2D eigenvalue weighted by molar-refractivity contribution is 5.17. The highest BCUT2D eigenvalue weighted by atomic mass is 16.3. The summed E-state index contributed by atoms with van der Waals surface area (Å²) in [6.45, 7) is 8.97. The molecule has 1 nitrogen and oxygen atoms in total. The molecule has 0 aromatic heterocycles. The maximum Gasteiger partial charge on any atom is 0.0656 e. The van der Waals surface area contributed by atoms with Gasteiger partial charge in [0, 0.05) is 0 Å². The Morgan fingerprint density at radius 3 is 2.62 bits per heavy atom. The molecule has 16 heavy (non-hydrogen) atoms. The molecule has 0 aromatic rings. The van der Waals surface area contributed by atoms with E-state index in [9.17, 15) is 5.11 Å². The first-order chi connectivity index (χ1) is 7.35. The van der Waals surface area contributed by atoms with Crippen molar-refractivity contribution in [2.24, 2.45) is 17.3 Å². The monoisotopic (exact) mass is 222 g/mol. The van der Waals surface area contributed by atoms with Crippen molar-refractivity contribution in [1.29, 1.82) is 0 Å². The second kappa shape index (κ2) is 3.87. The molecule has 2 rings (SSSR count). The molecule has 92 valence electrons. The van der Waals surface area contributed by atoms with E-state index in [1.54, 1.807) is 5.57 Å². The Labute approximate surface area is 99.9 Å². The van der Waals surface area contributed by atoms with Crippen LogP contribution < -0.4 is 0 Å². The summed E-state index contributed by atoms with van der Waals surface area (Å²) in [7, 11) is 0. The SMILES string of the molecule is CC(C)C1=CC[C@]2(C)CCC[C@@](C)(O)[C@H]2C1. The zero-order chi connectivity index (χ0) is 12.0. The normalized spacial score (nSPS) is 44.1. The van der Waals surface area contributed by atoms with E-state index in [-0.39, 0.29) is 0 Å². The van der Waals surface area contributed by atoms with E-state index >= 15 is 0 Å². The fourth-order valence-corrected chi connectivity index (χ4v) is 3.81. The summed E-state index contributed by atoms with van der Waals surface area (Å²) in [6.07, 6.45) is 8.18. The Balaban J connectivity index is 2.27. The molecule has 1 N–H and O–H groups in total. The average Bonchev–Trinajstić information content (AvgIpc) is 2.15. The van der Waals surface area contributed by atoms with Gasteiger partial charge in [-0.25, -0.2) is 0 Å². The Morgan fingerprint density at radius 2 is 2.00 bits per heavy atom. The third-order valence-electron chi connectivity index (χ3n) is 5.03. The standard InChI is InChI=1S/C15H26O/c1-11(2)12-6-9-14(3)7-5-8-15(4,16)13(14)10-12/h6,11,13,16H,5,7-10H2,1-4H3/t13-,14-,15+/m0/s1. The molecule has 1 fully saturated rings. The Kier molecular flexibility index (Phi) is 2.94. The first-order valence-corrected chi connectivity index (χ1v) is 6.76. The number of fused-ring (bicyclic) bond motifs is 1. The van der Waals surface area contributed by atoms with Crippen LogP contribution in [0.1, 0.15) is 59.8 Å². The van der Waals surface area contributed by atoms with Crippen molar-refractivity contribution in [3.05, 3.63) is 11.6 Å². The highest BCUT2D eigenvalue weighted by Gasteiger charge is 2.49. The van der Waals surface area contributed by atoms with Gasteiger partial charge >= 0.3 is 0 Å². The van der Waals surface area contributed by atoms with E-state index in [0.717, 1.165) is 12.8 Å². The average molecular weight is 222 g/mol. The first kappa shape index (κ1) is 12.2. The van der Waals surface area contributed by atoms with Crippen molar-refractivity contribution in [3.63, 3.8) is 0 Å². The topological polar surface area (TPSA) is 20.2 Å². The molecule has 0 amide bonds. The number of rotatable bonds is 1. The van der Waals surface area contributed by atoms with Crippen molar-refractivity contribution >= 4 is 0 Å². The molecule has 1 saturated carbocycles. The lowest BCUT2D eigenvalue weighted by Crippen LogP contribution is -2.49. The predicted molar refractivity (Wildman–Crippen MR) is 68.2 cm³/mol. The van der Waals surface area contributed by atoms with Crippen LogP contribution in [0.15, 0.2) is 11.6 Å². The summed E-state index contributed by atoms with van der Waals surface area (Å²) >= 11 is 0. The number of aliphatic hydroxyl groups is 1. The van der Waals surface area contributed by atoms with Crippen LogP contribution in [0.4, 0.5) is 0 Å². The molecular weight excluding hydrogens is 196 g/mol. The van der Waals surface area contributed by atoms with Crippen molar-refractivity contribution in [2.75, 3.05) is 0 Å². The van der Waals surface area contributed by atoms with Crippen molar-refractivity contribution in [2.45, 2.75) is 65.4 Å². The molecule has 0 bridgehead atoms. The zero-order valence-electron chi connectivity index (χ0n) is 11.2. The summed E-state index contributed by atoms with van der Waals surface area (Å²) in [6, 6.07) is 0. The van der Waals surface area contributed by atoms with Gasteiger partial charge in [0.25, 0.3) is 0 Å². The lowest BCUT2D eigenvalue weighted by Gasteiger charge is -2.52. The van der Waals surface area contributed by atoms with Crippen molar-refractivity contribution < 1.29 is 5.11 Å². The van der Waals surface area contributed by atoms with E-state index in [4.69, 9.17) is 0 Å². The second-order valence-electron chi connectivity index (χ2n) is 6.76. The molecule has 0 aromatic carbocycles. The summed E-state index contributed by atoms with van der Waals surface area (Å²) in [4.78, 5) is 0. The molecule has 2 aliphatic rings. The van der Waals surface area contributed by atoms with Crippen LogP contribution in [-0.2, 0) is 0 Å². The highest BCUT2D eigenvalue weighted by Crippen LogP contribution is 2.54.